The molecule has 2 atom stereocenters. The predicted molar refractivity (Wildman–Crippen MR) is 66.8 cm³/mol. The predicted octanol–water partition coefficient (Wildman–Crippen LogP) is 2.21. The van der Waals surface area contributed by atoms with Crippen LogP contribution in [0.3, 0.4) is 0 Å². The van der Waals surface area contributed by atoms with Gasteiger partial charge in [-0.15, -0.1) is 0 Å². The number of rotatable bonds is 2. The second kappa shape index (κ2) is 4.74. The summed E-state index contributed by atoms with van der Waals surface area (Å²) in [6.07, 6.45) is 0.286. The Morgan fingerprint density at radius 2 is 2.29 bits per heavy atom. The smallest absolute Gasteiger partial charge is 0.224 e. The number of carbonyl (C=O) groups is 1. The summed E-state index contributed by atoms with van der Waals surface area (Å²) in [6, 6.07) is 4.17. The molecule has 1 fully saturated rings. The van der Waals surface area contributed by atoms with E-state index in [1.54, 1.807) is 17.0 Å². The molecule has 0 aliphatic carbocycles. The van der Waals surface area contributed by atoms with Crippen LogP contribution in [-0.2, 0) is 4.79 Å². The van der Waals surface area contributed by atoms with E-state index >= 15 is 0 Å². The molecule has 1 saturated heterocycles. The fourth-order valence-electron chi connectivity index (χ4n) is 2.33. The molecule has 0 aromatic heterocycles. The number of hydrogen-bond acceptors (Lipinski definition) is 2. The van der Waals surface area contributed by atoms with Crippen LogP contribution in [0.25, 0.3) is 0 Å². The van der Waals surface area contributed by atoms with E-state index in [0.717, 1.165) is 0 Å². The Bertz CT molecular complexity index is 452. The van der Waals surface area contributed by atoms with Crippen molar-refractivity contribution in [3.63, 3.8) is 0 Å². The van der Waals surface area contributed by atoms with Crippen molar-refractivity contribution < 1.29 is 9.18 Å². The minimum absolute atomic E-state index is 0.00711. The Hall–Kier alpha value is -0.940. The van der Waals surface area contributed by atoms with Gasteiger partial charge in [-0.05, 0) is 19.1 Å². The normalized spacial score (nSPS) is 24.5. The molecule has 1 heterocycles. The van der Waals surface area contributed by atoms with Crippen LogP contribution in [0.1, 0.15) is 24.9 Å². The average Bonchev–Trinajstić information content (AvgIpc) is 2.53. The van der Waals surface area contributed by atoms with E-state index in [1.807, 2.05) is 6.92 Å². The Kier molecular flexibility index (Phi) is 3.49. The summed E-state index contributed by atoms with van der Waals surface area (Å²) in [5.74, 6) is -0.333. The van der Waals surface area contributed by atoms with Crippen LogP contribution in [0.2, 0.25) is 0 Å². The van der Waals surface area contributed by atoms with E-state index in [-0.39, 0.29) is 30.2 Å². The maximum Gasteiger partial charge on any atom is 0.224 e. The molecule has 0 bridgehead atoms. The fraction of sp³-hybridized carbons (Fsp3) is 0.417. The molecule has 1 aliphatic heterocycles. The zero-order valence-corrected chi connectivity index (χ0v) is 11.1. The van der Waals surface area contributed by atoms with E-state index in [0.29, 0.717) is 16.6 Å². The number of likely N-dealkylation sites (tertiary alicyclic amines) is 1. The van der Waals surface area contributed by atoms with E-state index in [1.165, 1.54) is 6.07 Å². The summed E-state index contributed by atoms with van der Waals surface area (Å²) >= 11 is 3.21. The van der Waals surface area contributed by atoms with Gasteiger partial charge in [-0.3, -0.25) is 4.79 Å². The second-order valence-electron chi connectivity index (χ2n) is 4.16. The zero-order valence-electron chi connectivity index (χ0n) is 9.49. The van der Waals surface area contributed by atoms with Gasteiger partial charge in [0.1, 0.15) is 5.82 Å². The van der Waals surface area contributed by atoms with Crippen LogP contribution in [0.5, 0.6) is 0 Å². The molecule has 1 aromatic rings. The minimum atomic E-state index is -0.347. The maximum absolute atomic E-state index is 13.9. The summed E-state index contributed by atoms with van der Waals surface area (Å²) < 4.78 is 14.6. The van der Waals surface area contributed by atoms with Gasteiger partial charge in [-0.25, -0.2) is 4.39 Å². The molecule has 1 amide bonds. The van der Waals surface area contributed by atoms with Gasteiger partial charge >= 0.3 is 0 Å². The number of nitrogens with two attached hydrogens (primary N) is 1. The molecule has 0 saturated carbocycles. The topological polar surface area (TPSA) is 46.3 Å². The molecular weight excluding hydrogens is 287 g/mol. The van der Waals surface area contributed by atoms with Crippen LogP contribution in [-0.4, -0.2) is 23.4 Å². The van der Waals surface area contributed by atoms with Crippen molar-refractivity contribution in [3.8, 4) is 0 Å². The van der Waals surface area contributed by atoms with Crippen LogP contribution in [0, 0.1) is 5.82 Å². The molecule has 17 heavy (non-hydrogen) atoms. The molecular formula is C12H14BrFN2O. The number of halogens is 2. The van der Waals surface area contributed by atoms with Gasteiger partial charge in [-0.1, -0.05) is 22.0 Å². The average molecular weight is 301 g/mol. The van der Waals surface area contributed by atoms with Crippen LogP contribution in [0.15, 0.2) is 22.7 Å². The molecule has 1 aromatic carbocycles. The van der Waals surface area contributed by atoms with E-state index in [4.69, 9.17) is 5.73 Å². The Labute approximate surface area is 108 Å². The van der Waals surface area contributed by atoms with Crippen LogP contribution in [0.4, 0.5) is 4.39 Å². The zero-order chi connectivity index (χ0) is 12.6. The lowest BCUT2D eigenvalue weighted by Crippen LogP contribution is -2.33. The van der Waals surface area contributed by atoms with Crippen molar-refractivity contribution in [2.75, 3.05) is 6.54 Å². The molecule has 2 unspecified atom stereocenters. The van der Waals surface area contributed by atoms with E-state index in [9.17, 15) is 9.18 Å². The maximum atomic E-state index is 13.9. The monoisotopic (exact) mass is 300 g/mol. The summed E-state index contributed by atoms with van der Waals surface area (Å²) in [5.41, 5.74) is 6.43. The Morgan fingerprint density at radius 3 is 2.88 bits per heavy atom. The number of benzene rings is 1. The van der Waals surface area contributed by atoms with Gasteiger partial charge in [0.05, 0.1) is 6.04 Å². The second-order valence-corrected chi connectivity index (χ2v) is 5.07. The summed E-state index contributed by atoms with van der Waals surface area (Å²) in [5, 5.41) is 0. The molecule has 0 spiro atoms. The Morgan fingerprint density at radius 1 is 1.59 bits per heavy atom. The van der Waals surface area contributed by atoms with Crippen molar-refractivity contribution in [3.05, 3.63) is 34.1 Å². The number of nitrogens with zero attached hydrogens (tertiary/aromatic N) is 1. The molecule has 2 rings (SSSR count). The minimum Gasteiger partial charge on any atom is -0.334 e. The SMILES string of the molecule is CCN1C(=O)CC(N)C1c1ccc(Br)cc1F. The molecule has 1 aliphatic rings. The van der Waals surface area contributed by atoms with Gasteiger partial charge in [0, 0.05) is 29.0 Å². The third kappa shape index (κ3) is 2.21. The number of likely N-dealkylation sites (N-methyl/N-ethyl adjacent to an activating group) is 1. The van der Waals surface area contributed by atoms with E-state index in [2.05, 4.69) is 15.9 Å². The summed E-state index contributed by atoms with van der Waals surface area (Å²) in [4.78, 5) is 13.3. The van der Waals surface area contributed by atoms with Crippen molar-refractivity contribution in [1.82, 2.24) is 4.90 Å². The summed E-state index contributed by atoms with van der Waals surface area (Å²) in [7, 11) is 0. The highest BCUT2D eigenvalue weighted by atomic mass is 79.9. The van der Waals surface area contributed by atoms with Gasteiger partial charge in [0.2, 0.25) is 5.91 Å². The Balaban J connectivity index is 2.41. The third-order valence-corrected chi connectivity index (χ3v) is 3.59. The largest absolute Gasteiger partial charge is 0.334 e. The molecule has 5 heteroatoms. The van der Waals surface area contributed by atoms with Gasteiger partial charge in [-0.2, -0.15) is 0 Å². The highest BCUT2D eigenvalue weighted by Crippen LogP contribution is 2.33. The lowest BCUT2D eigenvalue weighted by Gasteiger charge is -2.26. The molecule has 0 radical (unpaired) electrons. The van der Waals surface area contributed by atoms with Crippen molar-refractivity contribution in [2.45, 2.75) is 25.4 Å². The lowest BCUT2D eigenvalue weighted by atomic mass is 10.0. The number of hydrogen-bond donors (Lipinski definition) is 1. The fourth-order valence-corrected chi connectivity index (χ4v) is 2.66. The molecule has 2 N–H and O–H groups in total. The van der Waals surface area contributed by atoms with Crippen LogP contribution >= 0.6 is 15.9 Å². The molecule has 92 valence electrons. The van der Waals surface area contributed by atoms with Crippen molar-refractivity contribution in [1.29, 1.82) is 0 Å². The van der Waals surface area contributed by atoms with Crippen molar-refractivity contribution in [2.24, 2.45) is 5.73 Å². The van der Waals surface area contributed by atoms with Crippen molar-refractivity contribution >= 4 is 21.8 Å². The first-order valence-corrected chi connectivity index (χ1v) is 6.34. The third-order valence-electron chi connectivity index (χ3n) is 3.09. The van der Waals surface area contributed by atoms with Crippen LogP contribution < -0.4 is 5.73 Å². The summed E-state index contributed by atoms with van der Waals surface area (Å²) in [6.45, 7) is 2.42. The first-order valence-electron chi connectivity index (χ1n) is 5.54. The van der Waals surface area contributed by atoms with E-state index < -0.39 is 0 Å². The highest BCUT2D eigenvalue weighted by molar-refractivity contribution is 9.10. The number of amides is 1. The quantitative estimate of drug-likeness (QED) is 0.910. The molecule has 3 nitrogen and oxygen atoms in total. The number of carbonyl (C=O) groups excluding carboxylic acids is 1. The lowest BCUT2D eigenvalue weighted by molar-refractivity contribution is -0.128. The first kappa shape index (κ1) is 12.5. The first-order chi connectivity index (χ1) is 8.04. The highest BCUT2D eigenvalue weighted by Gasteiger charge is 2.38. The van der Waals surface area contributed by atoms with Gasteiger partial charge in [0.15, 0.2) is 0 Å². The standard InChI is InChI=1S/C12H14BrFN2O/c1-2-16-11(17)6-10(15)12(16)8-4-3-7(13)5-9(8)14/h3-5,10,12H,2,6,15H2,1H3. The van der Waals surface area contributed by atoms with Gasteiger partial charge in [0.25, 0.3) is 0 Å². The van der Waals surface area contributed by atoms with Gasteiger partial charge < -0.3 is 10.6 Å².